The Balaban J connectivity index is 4.59. The van der Waals surface area contributed by atoms with E-state index in [-0.39, 0.29) is 30.4 Å². The molecule has 9 nitrogen and oxygen atoms in total. The van der Waals surface area contributed by atoms with Crippen molar-refractivity contribution in [2.75, 3.05) is 39.5 Å². The molecule has 0 aromatic heterocycles. The molecule has 1 amide bonds. The Labute approximate surface area is 191 Å². The number of carboxylic acid groups (broad SMARTS) is 1. The van der Waals surface area contributed by atoms with Crippen molar-refractivity contribution >= 4 is 34.6 Å². The van der Waals surface area contributed by atoms with Gasteiger partial charge < -0.3 is 14.9 Å². The number of rotatable bonds is 15. The predicted octanol–water partition coefficient (Wildman–Crippen LogP) is 1.96. The molecular weight excluding hydrogens is 442 g/mol. The largest absolute Gasteiger partial charge is 0.481 e. The first kappa shape index (κ1) is 29.7. The quantitative estimate of drug-likeness (QED) is 0.121. The monoisotopic (exact) mass is 480 g/mol. The lowest BCUT2D eigenvalue weighted by molar-refractivity contribution is -0.890. The van der Waals surface area contributed by atoms with Gasteiger partial charge in [-0.1, -0.05) is 6.92 Å². The number of carbonyl (C=O) groups excluding carboxylic acids is 1. The Morgan fingerprint density at radius 2 is 1.77 bits per heavy atom. The molecule has 11 heteroatoms. The molecule has 0 fully saturated rings. The molecule has 31 heavy (non-hydrogen) atoms. The normalized spacial score (nSPS) is 17.1. The Morgan fingerprint density at radius 3 is 2.26 bits per heavy atom. The standard InChI is InChI=1S/C20H37N3O6S2/c1-16(19(2,15-21)9-8-17(24)25)14-20(3,30)18(26)22-10-6-11-23(4,5)12-7-13-31(27,28)29/h16H,6-14H2,1-5H3,(H3-,22,24,25,26,27,28,29,30)/p+1. The minimum Gasteiger partial charge on any atom is -0.481 e. The fourth-order valence-corrected chi connectivity index (χ4v) is 4.23. The van der Waals surface area contributed by atoms with Crippen molar-refractivity contribution in [1.82, 2.24) is 5.32 Å². The topological polar surface area (TPSA) is 145 Å². The van der Waals surface area contributed by atoms with Crippen molar-refractivity contribution in [1.29, 1.82) is 5.26 Å². The van der Waals surface area contributed by atoms with E-state index in [1.807, 2.05) is 21.0 Å². The van der Waals surface area contributed by atoms with Gasteiger partial charge in [0.2, 0.25) is 5.91 Å². The van der Waals surface area contributed by atoms with Crippen LogP contribution in [0.15, 0.2) is 0 Å². The highest BCUT2D eigenvalue weighted by Crippen LogP contribution is 2.38. The molecule has 0 spiro atoms. The number of carboxylic acids is 1. The van der Waals surface area contributed by atoms with Crippen LogP contribution in [0, 0.1) is 22.7 Å². The third-order valence-electron chi connectivity index (χ3n) is 5.79. The lowest BCUT2D eigenvalue weighted by Crippen LogP contribution is -2.46. The van der Waals surface area contributed by atoms with Crippen LogP contribution in [0.5, 0.6) is 0 Å². The van der Waals surface area contributed by atoms with E-state index in [1.165, 1.54) is 0 Å². The molecule has 0 saturated heterocycles. The molecule has 0 aromatic carbocycles. The number of amides is 1. The molecule has 180 valence electrons. The first-order chi connectivity index (χ1) is 13.9. The third-order valence-corrected chi connectivity index (χ3v) is 6.98. The van der Waals surface area contributed by atoms with Gasteiger partial charge in [0.15, 0.2) is 0 Å². The molecule has 0 aromatic rings. The minimum absolute atomic E-state index is 0.109. The van der Waals surface area contributed by atoms with Gasteiger partial charge in [-0.2, -0.15) is 26.3 Å². The van der Waals surface area contributed by atoms with Crippen LogP contribution in [0.3, 0.4) is 0 Å². The molecule has 0 aliphatic carbocycles. The van der Waals surface area contributed by atoms with Crippen LogP contribution in [0.4, 0.5) is 0 Å². The van der Waals surface area contributed by atoms with Gasteiger partial charge in [-0.15, -0.1) is 0 Å². The van der Waals surface area contributed by atoms with Crippen molar-refractivity contribution in [3.63, 3.8) is 0 Å². The summed E-state index contributed by atoms with van der Waals surface area (Å²) in [6.07, 6.45) is 1.45. The van der Waals surface area contributed by atoms with Crippen molar-refractivity contribution in [2.45, 2.75) is 57.6 Å². The number of nitrogens with zero attached hydrogens (tertiary/aromatic N) is 2. The Kier molecular flexibility index (Phi) is 11.5. The van der Waals surface area contributed by atoms with Crippen LogP contribution in [0.2, 0.25) is 0 Å². The second-order valence-electron chi connectivity index (χ2n) is 9.43. The van der Waals surface area contributed by atoms with Crippen LogP contribution in [0.25, 0.3) is 0 Å². The minimum atomic E-state index is -3.95. The summed E-state index contributed by atoms with van der Waals surface area (Å²) in [5.41, 5.74) is -0.869. The summed E-state index contributed by atoms with van der Waals surface area (Å²) in [6.45, 7) is 6.96. The van der Waals surface area contributed by atoms with Crippen LogP contribution >= 0.6 is 12.6 Å². The summed E-state index contributed by atoms with van der Waals surface area (Å²) in [7, 11) is -0.0458. The second-order valence-corrected chi connectivity index (χ2v) is 12.0. The molecule has 0 aliphatic heterocycles. The van der Waals surface area contributed by atoms with E-state index in [4.69, 9.17) is 9.66 Å². The maximum Gasteiger partial charge on any atom is 0.303 e. The molecule has 0 aliphatic rings. The van der Waals surface area contributed by atoms with Crippen molar-refractivity contribution in [3.05, 3.63) is 0 Å². The van der Waals surface area contributed by atoms with E-state index < -0.39 is 26.2 Å². The molecule has 0 bridgehead atoms. The summed E-state index contributed by atoms with van der Waals surface area (Å²) >= 11 is 4.51. The lowest BCUT2D eigenvalue weighted by atomic mass is 9.72. The molecule has 0 heterocycles. The number of quaternary nitrogens is 1. The number of nitriles is 1. The Morgan fingerprint density at radius 1 is 1.23 bits per heavy atom. The smallest absolute Gasteiger partial charge is 0.303 e. The van der Waals surface area contributed by atoms with E-state index in [2.05, 4.69) is 24.0 Å². The highest BCUT2D eigenvalue weighted by molar-refractivity contribution is 7.85. The second kappa shape index (κ2) is 12.0. The van der Waals surface area contributed by atoms with Crippen molar-refractivity contribution < 1.29 is 32.1 Å². The van der Waals surface area contributed by atoms with Gasteiger partial charge in [0.05, 0.1) is 49.2 Å². The zero-order valence-corrected chi connectivity index (χ0v) is 20.9. The van der Waals surface area contributed by atoms with Gasteiger partial charge in [-0.3, -0.25) is 14.1 Å². The van der Waals surface area contributed by atoms with Crippen LogP contribution < -0.4 is 5.32 Å². The first-order valence-corrected chi connectivity index (χ1v) is 12.4. The highest BCUT2D eigenvalue weighted by atomic mass is 32.2. The number of hydrogen-bond donors (Lipinski definition) is 4. The summed E-state index contributed by atoms with van der Waals surface area (Å²) in [5, 5.41) is 21.3. The average Bonchev–Trinajstić information content (AvgIpc) is 2.61. The summed E-state index contributed by atoms with van der Waals surface area (Å²) in [5.74, 6) is -1.71. The average molecular weight is 481 g/mol. The van der Waals surface area contributed by atoms with Gasteiger partial charge in [0.25, 0.3) is 10.1 Å². The fraction of sp³-hybridized carbons (Fsp3) is 0.850. The van der Waals surface area contributed by atoms with Crippen LogP contribution in [-0.2, 0) is 19.7 Å². The van der Waals surface area contributed by atoms with Gasteiger partial charge in [0.1, 0.15) is 0 Å². The molecule has 0 rings (SSSR count). The summed E-state index contributed by atoms with van der Waals surface area (Å²) < 4.78 is 30.0. The highest BCUT2D eigenvalue weighted by Gasteiger charge is 2.39. The molecule has 3 unspecified atom stereocenters. The maximum atomic E-state index is 12.6. The van der Waals surface area contributed by atoms with Gasteiger partial charge in [0, 0.05) is 25.8 Å². The maximum absolute atomic E-state index is 12.6. The fourth-order valence-electron chi connectivity index (χ4n) is 3.38. The van der Waals surface area contributed by atoms with Crippen LogP contribution in [-0.4, -0.2) is 78.7 Å². The molecule has 0 saturated carbocycles. The number of carbonyl (C=O) groups is 2. The van der Waals surface area contributed by atoms with E-state index in [9.17, 15) is 23.3 Å². The lowest BCUT2D eigenvalue weighted by Gasteiger charge is -2.34. The number of thiol groups is 1. The number of hydrogen-bond acceptors (Lipinski definition) is 6. The SMILES string of the molecule is CC(CC(C)(S)C(=O)NCCC[N+](C)(C)CCCS(=O)(=O)O)C(C)(C#N)CCC(=O)O. The third kappa shape index (κ3) is 12.3. The van der Waals surface area contributed by atoms with Crippen molar-refractivity contribution in [2.24, 2.45) is 11.3 Å². The zero-order valence-electron chi connectivity index (χ0n) is 19.2. The molecular formula is C20H38N3O6S2+. The Bertz CT molecular complexity index is 761. The first-order valence-electron chi connectivity index (χ1n) is 10.3. The van der Waals surface area contributed by atoms with Gasteiger partial charge >= 0.3 is 5.97 Å². The van der Waals surface area contributed by atoms with Crippen molar-refractivity contribution in [3.8, 4) is 6.07 Å². The predicted molar refractivity (Wildman–Crippen MR) is 122 cm³/mol. The van der Waals surface area contributed by atoms with Gasteiger partial charge in [-0.25, -0.2) is 0 Å². The van der Waals surface area contributed by atoms with E-state index in [0.717, 1.165) is 0 Å². The number of aliphatic carboxylic acids is 1. The molecule has 3 N–H and O–H groups in total. The summed E-state index contributed by atoms with van der Waals surface area (Å²) in [4.78, 5) is 23.5. The van der Waals surface area contributed by atoms with E-state index >= 15 is 0 Å². The molecule has 0 radical (unpaired) electrons. The summed E-state index contributed by atoms with van der Waals surface area (Å²) in [6, 6.07) is 2.21. The zero-order chi connectivity index (χ0) is 24.5. The van der Waals surface area contributed by atoms with Crippen LogP contribution in [0.1, 0.15) is 52.9 Å². The molecule has 3 atom stereocenters. The van der Waals surface area contributed by atoms with Gasteiger partial charge in [-0.05, 0) is 32.6 Å². The number of nitrogens with one attached hydrogen (secondary N) is 1. The van der Waals surface area contributed by atoms with E-state index in [0.29, 0.717) is 43.4 Å². The Hall–Kier alpha value is -1.35. The van der Waals surface area contributed by atoms with E-state index in [1.54, 1.807) is 13.8 Å².